The molecule has 0 bridgehead atoms. The zero-order chi connectivity index (χ0) is 22.1. The highest BCUT2D eigenvalue weighted by Crippen LogP contribution is 2.20. The van der Waals surface area contributed by atoms with Crippen molar-refractivity contribution in [3.05, 3.63) is 66.1 Å². The number of amides is 1. The summed E-state index contributed by atoms with van der Waals surface area (Å²) >= 11 is 0. The Kier molecular flexibility index (Phi) is 8.18. The van der Waals surface area contributed by atoms with Crippen LogP contribution in [0.15, 0.2) is 59.1 Å². The lowest BCUT2D eigenvalue weighted by Gasteiger charge is -2.24. The van der Waals surface area contributed by atoms with E-state index in [0.29, 0.717) is 37.5 Å². The summed E-state index contributed by atoms with van der Waals surface area (Å²) in [4.78, 5) is 18.9. The van der Waals surface area contributed by atoms with E-state index < -0.39 is 0 Å². The molecule has 0 radical (unpaired) electrons. The van der Waals surface area contributed by atoms with Gasteiger partial charge in [0.05, 0.1) is 7.11 Å². The zero-order valence-corrected chi connectivity index (χ0v) is 18.4. The SMILES string of the molecule is COc1ccc(-c2noc(CCCC(=O)NCC(Cc3ccccc3)N(C)C)n2)cc1. The smallest absolute Gasteiger partial charge is 0.226 e. The largest absolute Gasteiger partial charge is 0.497 e. The lowest BCUT2D eigenvalue weighted by Crippen LogP contribution is -2.41. The Hall–Kier alpha value is -3.19. The van der Waals surface area contributed by atoms with Crippen LogP contribution in [0.2, 0.25) is 0 Å². The molecule has 1 heterocycles. The van der Waals surface area contributed by atoms with Gasteiger partial charge in [-0.1, -0.05) is 35.5 Å². The first-order chi connectivity index (χ1) is 15.0. The summed E-state index contributed by atoms with van der Waals surface area (Å²) in [5, 5.41) is 7.08. The Morgan fingerprint density at radius 1 is 1.13 bits per heavy atom. The number of aromatic nitrogens is 2. The molecule has 3 aromatic rings. The maximum Gasteiger partial charge on any atom is 0.226 e. The number of hydrogen-bond acceptors (Lipinski definition) is 6. The zero-order valence-electron chi connectivity index (χ0n) is 18.4. The van der Waals surface area contributed by atoms with Gasteiger partial charge in [-0.2, -0.15) is 4.98 Å². The fourth-order valence-corrected chi connectivity index (χ4v) is 3.26. The highest BCUT2D eigenvalue weighted by atomic mass is 16.5. The van der Waals surface area contributed by atoms with E-state index in [-0.39, 0.29) is 11.9 Å². The number of nitrogens with zero attached hydrogens (tertiary/aromatic N) is 3. The van der Waals surface area contributed by atoms with Crippen LogP contribution in [0.1, 0.15) is 24.3 Å². The highest BCUT2D eigenvalue weighted by molar-refractivity contribution is 5.75. The van der Waals surface area contributed by atoms with E-state index in [1.54, 1.807) is 7.11 Å². The normalized spacial score (nSPS) is 12.0. The number of methoxy groups -OCH3 is 1. The predicted molar refractivity (Wildman–Crippen MR) is 120 cm³/mol. The fourth-order valence-electron chi connectivity index (χ4n) is 3.26. The number of likely N-dealkylation sites (N-methyl/N-ethyl adjacent to an activating group) is 1. The van der Waals surface area contributed by atoms with Gasteiger partial charge in [0.1, 0.15) is 5.75 Å². The summed E-state index contributed by atoms with van der Waals surface area (Å²) < 4.78 is 10.5. The number of carbonyl (C=O) groups excluding carboxylic acids is 1. The second-order valence-corrected chi connectivity index (χ2v) is 7.71. The van der Waals surface area contributed by atoms with Crippen molar-refractivity contribution in [3.8, 4) is 17.1 Å². The average Bonchev–Trinajstić information content (AvgIpc) is 3.26. The lowest BCUT2D eigenvalue weighted by atomic mass is 10.1. The Morgan fingerprint density at radius 2 is 1.87 bits per heavy atom. The standard InChI is InChI=1S/C24H30N4O3/c1-28(2)20(16-18-8-5-4-6-9-18)17-25-22(29)10-7-11-23-26-24(27-31-23)19-12-14-21(30-3)15-13-19/h4-6,8-9,12-15,20H,7,10-11,16-17H2,1-3H3,(H,25,29). The Morgan fingerprint density at radius 3 is 2.55 bits per heavy atom. The van der Waals surface area contributed by atoms with Gasteiger partial charge in [0, 0.05) is 31.0 Å². The van der Waals surface area contributed by atoms with E-state index >= 15 is 0 Å². The number of rotatable bonds is 11. The topological polar surface area (TPSA) is 80.5 Å². The van der Waals surface area contributed by atoms with Gasteiger partial charge in [-0.05, 0) is 56.8 Å². The van der Waals surface area contributed by atoms with Gasteiger partial charge in [0.2, 0.25) is 17.6 Å². The van der Waals surface area contributed by atoms with Crippen molar-refractivity contribution in [2.45, 2.75) is 31.7 Å². The summed E-state index contributed by atoms with van der Waals surface area (Å²) in [6.07, 6.45) is 2.54. The van der Waals surface area contributed by atoms with Gasteiger partial charge in [-0.15, -0.1) is 0 Å². The molecule has 0 aliphatic carbocycles. The monoisotopic (exact) mass is 422 g/mol. The molecule has 0 aliphatic heterocycles. The quantitative estimate of drug-likeness (QED) is 0.510. The van der Waals surface area contributed by atoms with Crippen LogP contribution in [0.25, 0.3) is 11.4 Å². The van der Waals surface area contributed by atoms with Crippen LogP contribution in [-0.4, -0.2) is 54.7 Å². The molecular formula is C24H30N4O3. The molecule has 0 saturated heterocycles. The van der Waals surface area contributed by atoms with Crippen molar-refractivity contribution in [1.29, 1.82) is 0 Å². The van der Waals surface area contributed by atoms with Crippen molar-refractivity contribution in [2.75, 3.05) is 27.7 Å². The molecule has 1 aromatic heterocycles. The van der Waals surface area contributed by atoms with Crippen LogP contribution in [0.3, 0.4) is 0 Å². The molecule has 0 spiro atoms. The minimum Gasteiger partial charge on any atom is -0.497 e. The maximum atomic E-state index is 12.3. The van der Waals surface area contributed by atoms with E-state index in [9.17, 15) is 4.79 Å². The molecule has 0 aliphatic rings. The average molecular weight is 423 g/mol. The first-order valence-electron chi connectivity index (χ1n) is 10.5. The summed E-state index contributed by atoms with van der Waals surface area (Å²) in [5.41, 5.74) is 2.13. The summed E-state index contributed by atoms with van der Waals surface area (Å²) in [6, 6.07) is 18.0. The van der Waals surface area contributed by atoms with Crippen LogP contribution in [0.5, 0.6) is 5.75 Å². The second kappa shape index (κ2) is 11.3. The molecule has 0 fully saturated rings. The summed E-state index contributed by atoms with van der Waals surface area (Å²) in [5.74, 6) is 1.89. The van der Waals surface area contributed by atoms with E-state index in [1.165, 1.54) is 5.56 Å². The number of ether oxygens (including phenoxy) is 1. The molecule has 1 N–H and O–H groups in total. The van der Waals surface area contributed by atoms with Crippen molar-refractivity contribution >= 4 is 5.91 Å². The Balaban J connectivity index is 1.42. The Labute approximate surface area is 183 Å². The molecule has 1 atom stereocenters. The Bertz CT molecular complexity index is 939. The van der Waals surface area contributed by atoms with Crippen molar-refractivity contribution in [2.24, 2.45) is 0 Å². The molecule has 1 amide bonds. The minimum absolute atomic E-state index is 0.0369. The predicted octanol–water partition coefficient (Wildman–Crippen LogP) is 3.36. The van der Waals surface area contributed by atoms with Gasteiger partial charge in [-0.25, -0.2) is 0 Å². The number of benzene rings is 2. The van der Waals surface area contributed by atoms with Crippen LogP contribution in [0, 0.1) is 0 Å². The van der Waals surface area contributed by atoms with Gasteiger partial charge in [-0.3, -0.25) is 4.79 Å². The van der Waals surface area contributed by atoms with Gasteiger partial charge < -0.3 is 19.5 Å². The van der Waals surface area contributed by atoms with E-state index in [0.717, 1.165) is 17.7 Å². The first-order valence-corrected chi connectivity index (χ1v) is 10.5. The van der Waals surface area contributed by atoms with E-state index in [1.807, 2.05) is 56.6 Å². The fraction of sp³-hybridized carbons (Fsp3) is 0.375. The van der Waals surface area contributed by atoms with Crippen molar-refractivity contribution < 1.29 is 14.1 Å². The molecule has 164 valence electrons. The molecule has 31 heavy (non-hydrogen) atoms. The number of hydrogen-bond donors (Lipinski definition) is 1. The lowest BCUT2D eigenvalue weighted by molar-refractivity contribution is -0.121. The summed E-state index contributed by atoms with van der Waals surface area (Å²) in [6.45, 7) is 0.614. The van der Waals surface area contributed by atoms with Gasteiger partial charge in [0.25, 0.3) is 0 Å². The first kappa shape index (κ1) is 22.5. The molecule has 1 unspecified atom stereocenters. The molecule has 0 saturated carbocycles. The van der Waals surface area contributed by atoms with Crippen LogP contribution < -0.4 is 10.1 Å². The van der Waals surface area contributed by atoms with E-state index in [2.05, 4.69) is 32.5 Å². The molecule has 7 nitrogen and oxygen atoms in total. The van der Waals surface area contributed by atoms with Crippen LogP contribution in [-0.2, 0) is 17.6 Å². The third-order valence-electron chi connectivity index (χ3n) is 5.19. The number of nitrogens with one attached hydrogen (secondary N) is 1. The van der Waals surface area contributed by atoms with Gasteiger partial charge >= 0.3 is 0 Å². The molecular weight excluding hydrogens is 392 g/mol. The van der Waals surface area contributed by atoms with Crippen molar-refractivity contribution in [3.63, 3.8) is 0 Å². The number of carbonyl (C=O) groups is 1. The molecule has 7 heteroatoms. The van der Waals surface area contributed by atoms with Gasteiger partial charge in [0.15, 0.2) is 0 Å². The van der Waals surface area contributed by atoms with Crippen LogP contribution >= 0.6 is 0 Å². The second-order valence-electron chi connectivity index (χ2n) is 7.71. The minimum atomic E-state index is 0.0369. The molecule has 3 rings (SSSR count). The molecule has 2 aromatic carbocycles. The van der Waals surface area contributed by atoms with Crippen molar-refractivity contribution in [1.82, 2.24) is 20.4 Å². The number of aryl methyl sites for hydroxylation is 1. The van der Waals surface area contributed by atoms with Crippen LogP contribution in [0.4, 0.5) is 0 Å². The highest BCUT2D eigenvalue weighted by Gasteiger charge is 2.14. The van der Waals surface area contributed by atoms with E-state index in [4.69, 9.17) is 9.26 Å². The maximum absolute atomic E-state index is 12.3. The third-order valence-corrected chi connectivity index (χ3v) is 5.19. The third kappa shape index (κ3) is 6.93. The summed E-state index contributed by atoms with van der Waals surface area (Å²) in [7, 11) is 5.70.